The summed E-state index contributed by atoms with van der Waals surface area (Å²) in [6.07, 6.45) is 9.74. The molecule has 3 heteroatoms. The average Bonchev–Trinajstić information content (AvgIpc) is 2.98. The van der Waals surface area contributed by atoms with E-state index in [-0.39, 0.29) is 0 Å². The zero-order valence-electron chi connectivity index (χ0n) is 8.56. The molecule has 2 atom stereocenters. The first-order valence-electron chi connectivity index (χ1n) is 5.50. The lowest BCUT2D eigenvalue weighted by atomic mass is 9.91. The highest BCUT2D eigenvalue weighted by atomic mass is 31.1. The first kappa shape index (κ1) is 10.3. The molecule has 2 fully saturated rings. The Morgan fingerprint density at radius 1 is 1.43 bits per heavy atom. The molecule has 0 amide bonds. The topological polar surface area (TPSA) is 20.3 Å². The normalized spacial score (nSPS) is 34.6. The molecular weight excluding hydrogens is 193 g/mol. The summed E-state index contributed by atoms with van der Waals surface area (Å²) in [4.78, 5) is 10.4. The molecule has 1 saturated carbocycles. The standard InChI is InChI=1S/C11H18NOP/c1-14-12-5-2-9(3-6-12)11-8-10(11)4-7-13/h7,9-11H,1-6,8H2. The molecule has 0 N–H and O–H groups in total. The van der Waals surface area contributed by atoms with E-state index >= 15 is 0 Å². The van der Waals surface area contributed by atoms with Crippen LogP contribution < -0.4 is 0 Å². The van der Waals surface area contributed by atoms with Gasteiger partial charge in [-0.15, -0.1) is 0 Å². The van der Waals surface area contributed by atoms with Crippen molar-refractivity contribution in [1.29, 1.82) is 0 Å². The number of hydrogen-bond acceptors (Lipinski definition) is 2. The molecule has 2 nitrogen and oxygen atoms in total. The van der Waals surface area contributed by atoms with Gasteiger partial charge in [-0.3, -0.25) is 4.67 Å². The predicted octanol–water partition coefficient (Wildman–Crippen LogP) is 2.22. The molecule has 0 spiro atoms. The number of carbonyl (C=O) groups excluding carboxylic acids is 1. The van der Waals surface area contributed by atoms with Crippen LogP contribution in [0.15, 0.2) is 0 Å². The summed E-state index contributed by atoms with van der Waals surface area (Å²) >= 11 is 0. The highest BCUT2D eigenvalue weighted by molar-refractivity contribution is 7.33. The Hall–Kier alpha value is -0.200. The van der Waals surface area contributed by atoms with Gasteiger partial charge in [-0.1, -0.05) is 6.30 Å². The molecule has 0 aromatic rings. The van der Waals surface area contributed by atoms with Crippen molar-refractivity contribution < 1.29 is 4.79 Å². The number of rotatable bonds is 4. The Balaban J connectivity index is 1.74. The van der Waals surface area contributed by atoms with Crippen molar-refractivity contribution in [3.8, 4) is 0 Å². The van der Waals surface area contributed by atoms with Crippen molar-refractivity contribution in [1.82, 2.24) is 4.67 Å². The van der Waals surface area contributed by atoms with Crippen LogP contribution in [0, 0.1) is 17.8 Å². The second-order valence-corrected chi connectivity index (χ2v) is 5.34. The minimum Gasteiger partial charge on any atom is -0.303 e. The third kappa shape index (κ3) is 2.24. The zero-order chi connectivity index (χ0) is 9.97. The fraction of sp³-hybridized carbons (Fsp3) is 0.818. The van der Waals surface area contributed by atoms with Crippen LogP contribution in [-0.4, -0.2) is 30.3 Å². The van der Waals surface area contributed by atoms with Gasteiger partial charge in [0.05, 0.1) is 0 Å². The van der Waals surface area contributed by atoms with Crippen LogP contribution in [0.4, 0.5) is 0 Å². The van der Waals surface area contributed by atoms with Gasteiger partial charge in [-0.2, -0.15) is 0 Å². The van der Waals surface area contributed by atoms with Gasteiger partial charge in [0.15, 0.2) is 0 Å². The van der Waals surface area contributed by atoms with Crippen LogP contribution in [0.3, 0.4) is 0 Å². The number of carbonyl (C=O) groups is 1. The van der Waals surface area contributed by atoms with Crippen LogP contribution in [0.5, 0.6) is 0 Å². The molecule has 78 valence electrons. The van der Waals surface area contributed by atoms with Gasteiger partial charge in [-0.25, -0.2) is 0 Å². The molecule has 2 aliphatic rings. The van der Waals surface area contributed by atoms with Gasteiger partial charge in [0, 0.05) is 19.5 Å². The molecule has 1 aliphatic carbocycles. The van der Waals surface area contributed by atoms with E-state index in [0.29, 0.717) is 0 Å². The fourth-order valence-corrected chi connectivity index (χ4v) is 3.21. The number of nitrogens with zero attached hydrogens (tertiary/aromatic N) is 1. The van der Waals surface area contributed by atoms with Crippen molar-refractivity contribution in [3.63, 3.8) is 0 Å². The van der Waals surface area contributed by atoms with Gasteiger partial charge < -0.3 is 4.79 Å². The van der Waals surface area contributed by atoms with Gasteiger partial charge in [0.1, 0.15) is 6.29 Å². The van der Waals surface area contributed by atoms with Crippen molar-refractivity contribution in [2.24, 2.45) is 17.8 Å². The fourth-order valence-electron chi connectivity index (χ4n) is 2.70. The maximum Gasteiger partial charge on any atom is 0.120 e. The molecule has 0 bridgehead atoms. The molecule has 1 heterocycles. The summed E-state index contributed by atoms with van der Waals surface area (Å²) in [7, 11) is 1.18. The lowest BCUT2D eigenvalue weighted by molar-refractivity contribution is -0.108. The van der Waals surface area contributed by atoms with E-state index in [9.17, 15) is 4.79 Å². The molecule has 2 rings (SSSR count). The molecular formula is C11H18NOP. The minimum atomic E-state index is 0.737. The van der Waals surface area contributed by atoms with Crippen LogP contribution in [0.2, 0.25) is 0 Å². The first-order valence-corrected chi connectivity index (χ1v) is 6.53. The van der Waals surface area contributed by atoms with Crippen molar-refractivity contribution >= 4 is 20.9 Å². The molecule has 1 saturated heterocycles. The van der Waals surface area contributed by atoms with E-state index in [0.717, 1.165) is 30.5 Å². The van der Waals surface area contributed by atoms with Crippen molar-refractivity contribution in [2.45, 2.75) is 25.7 Å². The second kappa shape index (κ2) is 4.55. The quantitative estimate of drug-likeness (QED) is 0.525. The largest absolute Gasteiger partial charge is 0.303 e. The number of piperidine rings is 1. The minimum absolute atomic E-state index is 0.737. The van der Waals surface area contributed by atoms with Crippen LogP contribution in [0.25, 0.3) is 0 Å². The maximum absolute atomic E-state index is 10.4. The Morgan fingerprint density at radius 2 is 2.14 bits per heavy atom. The SMILES string of the molecule is C=PN1CCC(C2CC2CC=O)CC1. The van der Waals surface area contributed by atoms with E-state index < -0.39 is 0 Å². The van der Waals surface area contributed by atoms with Crippen LogP contribution in [-0.2, 0) is 4.79 Å². The maximum atomic E-state index is 10.4. The molecule has 14 heavy (non-hydrogen) atoms. The van der Waals surface area contributed by atoms with Gasteiger partial charge in [0.2, 0.25) is 0 Å². The summed E-state index contributed by atoms with van der Waals surface area (Å²) in [5.41, 5.74) is 0. The van der Waals surface area contributed by atoms with E-state index in [1.807, 2.05) is 0 Å². The Morgan fingerprint density at radius 3 is 2.71 bits per heavy atom. The molecule has 0 radical (unpaired) electrons. The number of aldehydes is 1. The van der Waals surface area contributed by atoms with Crippen molar-refractivity contribution in [3.05, 3.63) is 0 Å². The molecule has 0 aromatic heterocycles. The Labute approximate surface area is 87.5 Å². The molecule has 2 unspecified atom stereocenters. The summed E-state index contributed by atoms with van der Waals surface area (Å²) in [6.45, 7) is 2.42. The van der Waals surface area contributed by atoms with E-state index in [4.69, 9.17) is 0 Å². The van der Waals surface area contributed by atoms with Crippen molar-refractivity contribution in [2.75, 3.05) is 13.1 Å². The third-order valence-corrected chi connectivity index (χ3v) is 4.50. The van der Waals surface area contributed by atoms with Gasteiger partial charge in [-0.05, 0) is 45.4 Å². The summed E-state index contributed by atoms with van der Waals surface area (Å²) in [6, 6.07) is 0. The Bertz CT molecular complexity index is 223. The van der Waals surface area contributed by atoms with E-state index in [1.54, 1.807) is 0 Å². The first-order chi connectivity index (χ1) is 6.85. The van der Waals surface area contributed by atoms with Gasteiger partial charge >= 0.3 is 0 Å². The summed E-state index contributed by atoms with van der Waals surface area (Å²) in [5, 5.41) is 0. The van der Waals surface area contributed by atoms with E-state index in [2.05, 4.69) is 11.0 Å². The Kier molecular flexibility index (Phi) is 3.35. The monoisotopic (exact) mass is 211 g/mol. The summed E-state index contributed by atoms with van der Waals surface area (Å²) in [5.74, 6) is 2.52. The highest BCUT2D eigenvalue weighted by Gasteiger charge is 2.42. The zero-order valence-corrected chi connectivity index (χ0v) is 9.46. The van der Waals surface area contributed by atoms with Gasteiger partial charge in [0.25, 0.3) is 0 Å². The lowest BCUT2D eigenvalue weighted by Gasteiger charge is -2.29. The van der Waals surface area contributed by atoms with E-state index in [1.165, 1.54) is 40.7 Å². The molecule has 0 aromatic carbocycles. The average molecular weight is 211 g/mol. The smallest absolute Gasteiger partial charge is 0.120 e. The third-order valence-electron chi connectivity index (χ3n) is 3.70. The second-order valence-electron chi connectivity index (χ2n) is 4.49. The predicted molar refractivity (Wildman–Crippen MR) is 60.6 cm³/mol. The lowest BCUT2D eigenvalue weighted by Crippen LogP contribution is -2.27. The van der Waals surface area contributed by atoms with Crippen LogP contribution >= 0.6 is 8.35 Å². The molecule has 1 aliphatic heterocycles. The summed E-state index contributed by atoms with van der Waals surface area (Å²) < 4.78 is 2.40. The number of hydrogen-bond donors (Lipinski definition) is 0. The van der Waals surface area contributed by atoms with Crippen LogP contribution in [0.1, 0.15) is 25.7 Å². The highest BCUT2D eigenvalue weighted by Crippen LogP contribution is 2.49.